The fraction of sp³-hybridized carbons (Fsp3) is 0.278. The van der Waals surface area contributed by atoms with Crippen LogP contribution in [-0.4, -0.2) is 19.8 Å². The van der Waals surface area contributed by atoms with Gasteiger partial charge in [0.25, 0.3) is 0 Å². The molecule has 8 heteroatoms. The number of aryl methyl sites for hydroxylation is 3. The third-order valence-electron chi connectivity index (χ3n) is 3.14. The van der Waals surface area contributed by atoms with Gasteiger partial charge in [-0.1, -0.05) is 17.7 Å². The quantitative estimate of drug-likeness (QED) is 0.290. The van der Waals surface area contributed by atoms with Crippen LogP contribution in [0.5, 0.6) is 0 Å². The summed E-state index contributed by atoms with van der Waals surface area (Å²) in [7, 11) is -6.00. The van der Waals surface area contributed by atoms with E-state index in [0.717, 1.165) is 0 Å². The molecule has 0 heterocycles. The summed E-state index contributed by atoms with van der Waals surface area (Å²) in [5, 5.41) is 0. The molecule has 0 aliphatic rings. The van der Waals surface area contributed by atoms with Gasteiger partial charge in [0.15, 0.2) is 7.14 Å². The van der Waals surface area contributed by atoms with E-state index < -0.39 is 7.25 Å². The Bertz CT molecular complexity index is 717. The van der Waals surface area contributed by atoms with Crippen molar-refractivity contribution in [2.45, 2.75) is 27.7 Å². The zero-order valence-corrected chi connectivity index (χ0v) is 17.1. The molecule has 0 aliphatic carbocycles. The molecule has 0 unspecified atom stereocenters. The SMILES string of the molecule is CCOC(=O)c1ccc([I+]c2c(C)cc(C)cc2C)cc1.F[B-](F)(F)F. The second-order valence-corrected chi connectivity index (χ2v) is 8.39. The number of benzene rings is 2. The monoisotopic (exact) mass is 482 g/mol. The van der Waals surface area contributed by atoms with Gasteiger partial charge < -0.3 is 22.0 Å². The highest BCUT2D eigenvalue weighted by molar-refractivity contribution is 6.50. The van der Waals surface area contributed by atoms with Crippen LogP contribution in [0.15, 0.2) is 36.4 Å². The van der Waals surface area contributed by atoms with Gasteiger partial charge in [0.2, 0.25) is 0 Å². The number of carbonyl (C=O) groups excluding carboxylic acids is 1. The Balaban J connectivity index is 0.000000597. The summed E-state index contributed by atoms with van der Waals surface area (Å²) in [4.78, 5) is 11.6. The summed E-state index contributed by atoms with van der Waals surface area (Å²) < 4.78 is 46.8. The zero-order chi connectivity index (χ0) is 19.9. The molecule has 0 aromatic heterocycles. The minimum Gasteiger partial charge on any atom is -0.462 e. The van der Waals surface area contributed by atoms with Crippen molar-refractivity contribution in [1.82, 2.24) is 0 Å². The average Bonchev–Trinajstić information content (AvgIpc) is 2.50. The van der Waals surface area contributed by atoms with Gasteiger partial charge in [-0.3, -0.25) is 0 Å². The van der Waals surface area contributed by atoms with Crippen LogP contribution in [-0.2, 0) is 4.74 Å². The highest BCUT2D eigenvalue weighted by Gasteiger charge is 2.22. The van der Waals surface area contributed by atoms with Crippen molar-refractivity contribution < 1.29 is 48.0 Å². The predicted molar refractivity (Wildman–Crippen MR) is 90.6 cm³/mol. The highest BCUT2D eigenvalue weighted by Crippen LogP contribution is 2.08. The van der Waals surface area contributed by atoms with Gasteiger partial charge in [-0.2, -0.15) is 0 Å². The average molecular weight is 482 g/mol. The predicted octanol–water partition coefficient (Wildman–Crippen LogP) is 2.22. The summed E-state index contributed by atoms with van der Waals surface area (Å²) in [5.74, 6) is -0.245. The normalized spacial score (nSPS) is 10.8. The smallest absolute Gasteiger partial charge is 0.462 e. The molecule has 2 aromatic carbocycles. The summed E-state index contributed by atoms with van der Waals surface area (Å²) in [6, 6.07) is 12.3. The van der Waals surface area contributed by atoms with E-state index in [9.17, 15) is 22.1 Å². The van der Waals surface area contributed by atoms with E-state index in [1.165, 1.54) is 23.8 Å². The van der Waals surface area contributed by atoms with Crippen LogP contribution in [0.2, 0.25) is 0 Å². The van der Waals surface area contributed by atoms with Crippen LogP contribution >= 0.6 is 0 Å². The topological polar surface area (TPSA) is 26.3 Å². The van der Waals surface area contributed by atoms with Crippen molar-refractivity contribution in [3.63, 3.8) is 0 Å². The Labute approximate surface area is 161 Å². The Kier molecular flexibility index (Phi) is 8.59. The number of carbonyl (C=O) groups is 1. The Morgan fingerprint density at radius 2 is 1.46 bits per heavy atom. The molecule has 0 radical (unpaired) electrons. The van der Waals surface area contributed by atoms with E-state index in [2.05, 4.69) is 45.0 Å². The lowest BCUT2D eigenvalue weighted by molar-refractivity contribution is -0.598. The van der Waals surface area contributed by atoms with Crippen molar-refractivity contribution in [2.75, 3.05) is 6.61 Å². The van der Waals surface area contributed by atoms with Gasteiger partial charge in [-0.05, 0) is 52.0 Å². The molecule has 0 fully saturated rings. The molecule has 0 atom stereocenters. The van der Waals surface area contributed by atoms with Crippen molar-refractivity contribution in [3.05, 3.63) is 65.8 Å². The summed E-state index contributed by atoms with van der Waals surface area (Å²) in [6.45, 7) is 8.73. The van der Waals surface area contributed by atoms with Crippen molar-refractivity contribution >= 4 is 13.2 Å². The van der Waals surface area contributed by atoms with Gasteiger partial charge >= 0.3 is 34.4 Å². The molecular formula is C18H20BF4IO2. The van der Waals surface area contributed by atoms with Gasteiger partial charge in [-0.15, -0.1) is 0 Å². The van der Waals surface area contributed by atoms with Gasteiger partial charge in [0.05, 0.1) is 12.2 Å². The van der Waals surface area contributed by atoms with Crippen LogP contribution in [0.1, 0.15) is 34.0 Å². The van der Waals surface area contributed by atoms with Crippen molar-refractivity contribution in [1.29, 1.82) is 0 Å². The van der Waals surface area contributed by atoms with Crippen molar-refractivity contribution in [3.8, 4) is 0 Å². The molecule has 0 aliphatic heterocycles. The lowest BCUT2D eigenvalue weighted by Crippen LogP contribution is -3.62. The number of hydrogen-bond acceptors (Lipinski definition) is 2. The first-order chi connectivity index (χ1) is 12.0. The van der Waals surface area contributed by atoms with E-state index in [1.807, 2.05) is 19.1 Å². The molecule has 0 spiro atoms. The lowest BCUT2D eigenvalue weighted by Gasteiger charge is -2.02. The van der Waals surface area contributed by atoms with Crippen molar-refractivity contribution in [2.24, 2.45) is 0 Å². The largest absolute Gasteiger partial charge is 0.673 e. The first-order valence-electron chi connectivity index (χ1n) is 7.88. The molecule has 2 rings (SSSR count). The first-order valence-corrected chi connectivity index (χ1v) is 10.0. The first kappa shape index (κ1) is 22.5. The summed E-state index contributed by atoms with van der Waals surface area (Å²) in [6.07, 6.45) is 0. The molecule has 142 valence electrons. The number of halogens is 5. The number of hydrogen-bond donors (Lipinski definition) is 0. The fourth-order valence-electron chi connectivity index (χ4n) is 2.28. The van der Waals surface area contributed by atoms with Crippen LogP contribution in [0.4, 0.5) is 17.3 Å². The third-order valence-corrected chi connectivity index (χ3v) is 6.72. The van der Waals surface area contributed by atoms with Gasteiger partial charge in [0.1, 0.15) is 0 Å². The van der Waals surface area contributed by atoms with Gasteiger partial charge in [-0.25, -0.2) is 4.79 Å². The molecule has 0 bridgehead atoms. The van der Waals surface area contributed by atoms with E-state index in [-0.39, 0.29) is 27.2 Å². The molecule has 2 aromatic rings. The minimum atomic E-state index is -6.00. The molecule has 0 amide bonds. The Morgan fingerprint density at radius 1 is 1.00 bits per heavy atom. The minimum absolute atomic E-state index is 0.221. The second kappa shape index (κ2) is 9.94. The lowest BCUT2D eigenvalue weighted by atomic mass is 10.1. The molecule has 0 N–H and O–H groups in total. The molecule has 26 heavy (non-hydrogen) atoms. The molecular weight excluding hydrogens is 462 g/mol. The standard InChI is InChI=1S/C18H20IO2.BF4/c1-5-21-18(20)15-6-8-16(9-7-15)19-17-13(3)10-12(2)11-14(17)4;2-1(3,4)5/h6-11H,5H2,1-4H3;/q+1;-1. The van der Waals surface area contributed by atoms with Crippen LogP contribution in [0.3, 0.4) is 0 Å². The fourth-order valence-corrected chi connectivity index (χ4v) is 4.79. The van der Waals surface area contributed by atoms with Gasteiger partial charge in [0, 0.05) is 11.1 Å². The highest BCUT2D eigenvalue weighted by atomic mass is 127. The maximum Gasteiger partial charge on any atom is 0.673 e. The summed E-state index contributed by atoms with van der Waals surface area (Å²) >= 11 is -0.221. The maximum absolute atomic E-state index is 11.6. The summed E-state index contributed by atoms with van der Waals surface area (Å²) in [5.41, 5.74) is 4.68. The maximum atomic E-state index is 11.6. The van der Waals surface area contributed by atoms with E-state index >= 15 is 0 Å². The molecule has 0 saturated carbocycles. The van der Waals surface area contributed by atoms with E-state index in [4.69, 9.17) is 4.74 Å². The van der Waals surface area contributed by atoms with E-state index in [1.54, 1.807) is 0 Å². The third kappa shape index (κ3) is 8.20. The van der Waals surface area contributed by atoms with Crippen LogP contribution < -0.4 is 21.2 Å². The number of esters is 1. The van der Waals surface area contributed by atoms with Crippen LogP contribution in [0, 0.1) is 27.9 Å². The second-order valence-electron chi connectivity index (χ2n) is 5.53. The molecule has 0 saturated heterocycles. The number of rotatable bonds is 4. The Hall–Kier alpha value is -1.58. The zero-order valence-electron chi connectivity index (χ0n) is 15.0. The van der Waals surface area contributed by atoms with E-state index in [0.29, 0.717) is 12.2 Å². The van der Waals surface area contributed by atoms with Crippen LogP contribution in [0.25, 0.3) is 0 Å². The Morgan fingerprint density at radius 3 is 1.88 bits per heavy atom. The molecule has 2 nitrogen and oxygen atoms in total. The number of ether oxygens (including phenoxy) is 1.